The Morgan fingerprint density at radius 2 is 2.22 bits per heavy atom. The van der Waals surface area contributed by atoms with Gasteiger partial charge in [-0.2, -0.15) is 0 Å². The number of hydrogen-bond acceptors (Lipinski definition) is 0. The van der Waals surface area contributed by atoms with Crippen LogP contribution in [0.5, 0.6) is 0 Å². The van der Waals surface area contributed by atoms with Crippen LogP contribution in [0.3, 0.4) is 0 Å². The van der Waals surface area contributed by atoms with Crippen molar-refractivity contribution in [3.63, 3.8) is 0 Å². The van der Waals surface area contributed by atoms with Gasteiger partial charge in [-0.1, -0.05) is 44.6 Å². The maximum absolute atomic E-state index is 3.68. The minimum Gasteiger partial charge on any atom is -0.0988 e. The molecule has 1 unspecified atom stereocenters. The zero-order valence-electron chi connectivity index (χ0n) is 6.65. The molecule has 0 fully saturated rings. The van der Waals surface area contributed by atoms with Crippen molar-refractivity contribution in [2.24, 2.45) is 5.92 Å². The summed E-state index contributed by atoms with van der Waals surface area (Å²) in [5, 5.41) is 0. The molecule has 0 radical (unpaired) electrons. The van der Waals surface area contributed by atoms with Gasteiger partial charge in [0, 0.05) is 0 Å². The molecule has 0 aromatic heterocycles. The van der Waals surface area contributed by atoms with Crippen LogP contribution in [0.4, 0.5) is 0 Å². The summed E-state index contributed by atoms with van der Waals surface area (Å²) in [7, 11) is 0. The SMILES string of the molecule is C=C/C(C)=C\C(C)CC. The van der Waals surface area contributed by atoms with Crippen molar-refractivity contribution < 1.29 is 0 Å². The molecule has 1 atom stereocenters. The molecule has 0 heteroatoms. The highest BCUT2D eigenvalue weighted by molar-refractivity contribution is 5.13. The van der Waals surface area contributed by atoms with E-state index in [9.17, 15) is 0 Å². The van der Waals surface area contributed by atoms with Crippen molar-refractivity contribution in [3.05, 3.63) is 24.3 Å². The number of hydrogen-bond donors (Lipinski definition) is 0. The highest BCUT2D eigenvalue weighted by Gasteiger charge is 1.90. The average molecular weight is 124 g/mol. The Bertz CT molecular complexity index is 109. The topological polar surface area (TPSA) is 0 Å². The molecule has 0 aliphatic rings. The second kappa shape index (κ2) is 4.37. The summed E-state index contributed by atoms with van der Waals surface area (Å²) < 4.78 is 0. The summed E-state index contributed by atoms with van der Waals surface area (Å²) in [4.78, 5) is 0. The minimum atomic E-state index is 0.697. The van der Waals surface area contributed by atoms with Gasteiger partial charge in [0.05, 0.1) is 0 Å². The summed E-state index contributed by atoms with van der Waals surface area (Å²) in [5.41, 5.74) is 1.28. The second-order valence-corrected chi connectivity index (χ2v) is 2.50. The summed E-state index contributed by atoms with van der Waals surface area (Å²) >= 11 is 0. The van der Waals surface area contributed by atoms with Gasteiger partial charge in [-0.3, -0.25) is 0 Å². The van der Waals surface area contributed by atoms with E-state index in [1.165, 1.54) is 12.0 Å². The van der Waals surface area contributed by atoms with Gasteiger partial charge in [-0.05, 0) is 12.8 Å². The van der Waals surface area contributed by atoms with Gasteiger partial charge in [0.1, 0.15) is 0 Å². The first-order chi connectivity index (χ1) is 4.20. The van der Waals surface area contributed by atoms with Crippen LogP contribution < -0.4 is 0 Å². The standard InChI is InChI=1S/C9H16/c1-5-8(3)7-9(4)6-2/h5,7,9H,1,6H2,2-4H3/b8-7-. The molecule has 0 aliphatic carbocycles. The Balaban J connectivity index is 3.78. The Hall–Kier alpha value is -0.520. The monoisotopic (exact) mass is 124 g/mol. The lowest BCUT2D eigenvalue weighted by atomic mass is 10.1. The zero-order chi connectivity index (χ0) is 7.28. The Morgan fingerprint density at radius 1 is 1.67 bits per heavy atom. The van der Waals surface area contributed by atoms with E-state index in [0.717, 1.165) is 0 Å². The molecule has 0 nitrogen and oxygen atoms in total. The molecule has 0 N–H and O–H groups in total. The molecule has 0 spiro atoms. The predicted molar refractivity (Wildman–Crippen MR) is 43.4 cm³/mol. The van der Waals surface area contributed by atoms with E-state index in [0.29, 0.717) is 5.92 Å². The maximum atomic E-state index is 3.68. The molecule has 0 rings (SSSR count). The van der Waals surface area contributed by atoms with Crippen LogP contribution in [-0.4, -0.2) is 0 Å². The normalized spacial score (nSPS) is 15.2. The molecular formula is C9H16. The van der Waals surface area contributed by atoms with Crippen LogP contribution in [0.25, 0.3) is 0 Å². The predicted octanol–water partition coefficient (Wildman–Crippen LogP) is 3.16. The van der Waals surface area contributed by atoms with E-state index in [4.69, 9.17) is 0 Å². The van der Waals surface area contributed by atoms with Crippen LogP contribution in [0.1, 0.15) is 27.2 Å². The van der Waals surface area contributed by atoms with E-state index in [1.807, 2.05) is 6.08 Å². The third-order valence-electron chi connectivity index (χ3n) is 1.51. The van der Waals surface area contributed by atoms with Crippen LogP contribution in [-0.2, 0) is 0 Å². The highest BCUT2D eigenvalue weighted by Crippen LogP contribution is 2.06. The average Bonchev–Trinajstić information content (AvgIpc) is 1.87. The van der Waals surface area contributed by atoms with Crippen LogP contribution in [0, 0.1) is 5.92 Å². The number of allylic oxidation sites excluding steroid dienone is 3. The van der Waals surface area contributed by atoms with Gasteiger partial charge in [0.15, 0.2) is 0 Å². The fourth-order valence-corrected chi connectivity index (χ4v) is 0.635. The van der Waals surface area contributed by atoms with Crippen molar-refractivity contribution in [3.8, 4) is 0 Å². The quantitative estimate of drug-likeness (QED) is 0.507. The summed E-state index contributed by atoms with van der Waals surface area (Å²) in [6, 6.07) is 0. The minimum absolute atomic E-state index is 0.697. The van der Waals surface area contributed by atoms with Crippen molar-refractivity contribution in [2.75, 3.05) is 0 Å². The van der Waals surface area contributed by atoms with E-state index >= 15 is 0 Å². The third kappa shape index (κ3) is 4.01. The Labute approximate surface area is 58.3 Å². The van der Waals surface area contributed by atoms with E-state index in [1.54, 1.807) is 0 Å². The molecule has 0 aromatic rings. The lowest BCUT2D eigenvalue weighted by molar-refractivity contribution is 0.694. The first kappa shape index (κ1) is 8.48. The highest BCUT2D eigenvalue weighted by atomic mass is 14.0. The molecule has 0 amide bonds. The summed E-state index contributed by atoms with van der Waals surface area (Å²) in [6.07, 6.45) is 5.35. The van der Waals surface area contributed by atoms with Gasteiger partial charge in [-0.15, -0.1) is 0 Å². The Morgan fingerprint density at radius 3 is 2.56 bits per heavy atom. The van der Waals surface area contributed by atoms with Gasteiger partial charge in [-0.25, -0.2) is 0 Å². The van der Waals surface area contributed by atoms with Crippen LogP contribution in [0.2, 0.25) is 0 Å². The molecular weight excluding hydrogens is 108 g/mol. The summed E-state index contributed by atoms with van der Waals surface area (Å²) in [5.74, 6) is 0.697. The molecule has 0 saturated heterocycles. The zero-order valence-corrected chi connectivity index (χ0v) is 6.65. The fourth-order valence-electron chi connectivity index (χ4n) is 0.635. The van der Waals surface area contributed by atoms with E-state index in [2.05, 4.69) is 33.4 Å². The Kier molecular flexibility index (Phi) is 4.12. The van der Waals surface area contributed by atoms with Gasteiger partial charge in [0.25, 0.3) is 0 Å². The van der Waals surface area contributed by atoms with E-state index in [-0.39, 0.29) is 0 Å². The van der Waals surface area contributed by atoms with E-state index < -0.39 is 0 Å². The summed E-state index contributed by atoms with van der Waals surface area (Å²) in [6.45, 7) is 10.2. The first-order valence-electron chi connectivity index (χ1n) is 3.51. The van der Waals surface area contributed by atoms with Gasteiger partial charge in [0.2, 0.25) is 0 Å². The molecule has 0 aromatic carbocycles. The fraction of sp³-hybridized carbons (Fsp3) is 0.556. The maximum Gasteiger partial charge on any atom is -0.0259 e. The number of rotatable bonds is 3. The van der Waals surface area contributed by atoms with Gasteiger partial charge >= 0.3 is 0 Å². The third-order valence-corrected chi connectivity index (χ3v) is 1.51. The lowest BCUT2D eigenvalue weighted by Crippen LogP contribution is -1.85. The first-order valence-corrected chi connectivity index (χ1v) is 3.51. The van der Waals surface area contributed by atoms with Gasteiger partial charge < -0.3 is 0 Å². The molecule has 0 saturated carbocycles. The second-order valence-electron chi connectivity index (χ2n) is 2.50. The van der Waals surface area contributed by atoms with Crippen molar-refractivity contribution in [1.82, 2.24) is 0 Å². The van der Waals surface area contributed by atoms with Crippen molar-refractivity contribution in [2.45, 2.75) is 27.2 Å². The molecule has 9 heavy (non-hydrogen) atoms. The smallest absolute Gasteiger partial charge is 0.0259 e. The molecule has 52 valence electrons. The molecule has 0 bridgehead atoms. The van der Waals surface area contributed by atoms with Crippen LogP contribution in [0.15, 0.2) is 24.3 Å². The molecule has 0 aliphatic heterocycles. The van der Waals surface area contributed by atoms with Crippen molar-refractivity contribution in [1.29, 1.82) is 0 Å². The van der Waals surface area contributed by atoms with Crippen LogP contribution >= 0.6 is 0 Å². The largest absolute Gasteiger partial charge is 0.0988 e. The molecule has 0 heterocycles. The lowest BCUT2D eigenvalue weighted by Gasteiger charge is -2.00. The van der Waals surface area contributed by atoms with Crippen molar-refractivity contribution >= 4 is 0 Å².